The fraction of sp³-hybridized carbons (Fsp3) is 0.353. The highest BCUT2D eigenvalue weighted by molar-refractivity contribution is 6.31. The highest BCUT2D eigenvalue weighted by atomic mass is 35.5. The number of rotatable bonds is 3. The first kappa shape index (κ1) is 16.5. The summed E-state index contributed by atoms with van der Waals surface area (Å²) < 4.78 is 0. The predicted octanol–water partition coefficient (Wildman–Crippen LogP) is 2.08. The minimum absolute atomic E-state index is 0.0996. The zero-order chi connectivity index (χ0) is 16.9. The molecule has 0 saturated heterocycles. The summed E-state index contributed by atoms with van der Waals surface area (Å²) in [6.45, 7) is 0.206. The van der Waals surface area contributed by atoms with E-state index in [1.807, 2.05) is 18.2 Å². The average molecular weight is 344 g/mol. The number of hydrogen-bond donors (Lipinski definition) is 3. The molecule has 3 rings (SSSR count). The van der Waals surface area contributed by atoms with E-state index >= 15 is 0 Å². The van der Waals surface area contributed by atoms with Crippen LogP contribution in [0.3, 0.4) is 0 Å². The van der Waals surface area contributed by atoms with E-state index in [0.29, 0.717) is 23.0 Å². The molecule has 0 aliphatic heterocycles. The molecule has 0 radical (unpaired) electrons. The minimum atomic E-state index is 0.0996. The fourth-order valence-electron chi connectivity index (χ4n) is 2.79. The second-order valence-corrected chi connectivity index (χ2v) is 6.12. The zero-order valence-electron chi connectivity index (χ0n) is 13.0. The smallest absolute Gasteiger partial charge is 0.223 e. The molecule has 2 unspecified atom stereocenters. The van der Waals surface area contributed by atoms with Crippen LogP contribution in [0.1, 0.15) is 30.5 Å². The average Bonchev–Trinajstić information content (AvgIpc) is 3.02. The van der Waals surface area contributed by atoms with Crippen molar-refractivity contribution in [1.29, 1.82) is 0 Å². The van der Waals surface area contributed by atoms with Crippen LogP contribution in [0, 0.1) is 17.8 Å². The molecule has 6 nitrogen and oxygen atoms in total. The van der Waals surface area contributed by atoms with Crippen molar-refractivity contribution >= 4 is 23.4 Å². The minimum Gasteiger partial charge on any atom is -0.396 e. The molecule has 0 spiro atoms. The van der Waals surface area contributed by atoms with Crippen LogP contribution in [0.15, 0.2) is 24.4 Å². The maximum absolute atomic E-state index is 9.28. The molecule has 0 amide bonds. The van der Waals surface area contributed by atoms with Gasteiger partial charge in [-0.2, -0.15) is 9.97 Å². The van der Waals surface area contributed by atoms with Crippen LogP contribution in [0.5, 0.6) is 0 Å². The van der Waals surface area contributed by atoms with E-state index in [9.17, 15) is 5.11 Å². The molecule has 7 heteroatoms. The molecule has 0 bridgehead atoms. The number of nitrogens with two attached hydrogens (primary N) is 1. The molecule has 2 atom stereocenters. The standard InChI is InChI=1S/C17H18ClN5O/c18-15-14(7-6-12-3-1-2-8-20-12)16(23-17(19)22-15)21-13-5-4-11(9-13)10-24/h1-3,8,11,13,24H,4-5,9-10H2,(H3,19,21,22,23). The van der Waals surface area contributed by atoms with E-state index in [4.69, 9.17) is 17.3 Å². The molecule has 4 N–H and O–H groups in total. The Morgan fingerprint density at radius 2 is 2.17 bits per heavy atom. The third-order valence-corrected chi connectivity index (χ3v) is 4.28. The van der Waals surface area contributed by atoms with Crippen molar-refractivity contribution in [3.8, 4) is 11.8 Å². The molecular formula is C17H18ClN5O. The van der Waals surface area contributed by atoms with Crippen LogP contribution in [0.2, 0.25) is 5.15 Å². The molecule has 124 valence electrons. The summed E-state index contributed by atoms with van der Waals surface area (Å²) in [5.41, 5.74) is 6.86. The Morgan fingerprint density at radius 3 is 2.88 bits per heavy atom. The second kappa shape index (κ2) is 7.47. The number of aliphatic hydroxyl groups is 1. The Balaban J connectivity index is 1.87. The number of nitrogen functional groups attached to an aromatic ring is 1. The van der Waals surface area contributed by atoms with Gasteiger partial charge in [-0.1, -0.05) is 23.6 Å². The van der Waals surface area contributed by atoms with Gasteiger partial charge in [0.25, 0.3) is 0 Å². The monoisotopic (exact) mass is 343 g/mol. The zero-order valence-corrected chi connectivity index (χ0v) is 13.8. The van der Waals surface area contributed by atoms with Crippen LogP contribution < -0.4 is 11.1 Å². The van der Waals surface area contributed by atoms with Crippen molar-refractivity contribution in [3.63, 3.8) is 0 Å². The Kier molecular flexibility index (Phi) is 5.14. The van der Waals surface area contributed by atoms with Crippen molar-refractivity contribution < 1.29 is 5.11 Å². The Hall–Kier alpha value is -2.36. The molecule has 1 saturated carbocycles. The van der Waals surface area contributed by atoms with E-state index in [1.54, 1.807) is 6.20 Å². The lowest BCUT2D eigenvalue weighted by Gasteiger charge is -2.15. The molecular weight excluding hydrogens is 326 g/mol. The van der Waals surface area contributed by atoms with Crippen molar-refractivity contribution in [2.45, 2.75) is 25.3 Å². The van der Waals surface area contributed by atoms with Crippen LogP contribution in [0.4, 0.5) is 11.8 Å². The summed E-state index contributed by atoms with van der Waals surface area (Å²) in [4.78, 5) is 12.4. The van der Waals surface area contributed by atoms with Crippen molar-refractivity contribution in [3.05, 3.63) is 40.8 Å². The number of aliphatic hydroxyl groups excluding tert-OH is 1. The Labute approximate surface area is 145 Å². The van der Waals surface area contributed by atoms with E-state index in [2.05, 4.69) is 32.1 Å². The van der Waals surface area contributed by atoms with Crippen LogP contribution in [-0.4, -0.2) is 32.7 Å². The maximum atomic E-state index is 9.28. The van der Waals surface area contributed by atoms with Crippen LogP contribution >= 0.6 is 11.6 Å². The van der Waals surface area contributed by atoms with Gasteiger partial charge >= 0.3 is 0 Å². The molecule has 2 aromatic rings. The third kappa shape index (κ3) is 3.94. The van der Waals surface area contributed by atoms with Crippen molar-refractivity contribution in [2.24, 2.45) is 5.92 Å². The third-order valence-electron chi connectivity index (χ3n) is 4.00. The highest BCUT2D eigenvalue weighted by Gasteiger charge is 2.25. The molecule has 24 heavy (non-hydrogen) atoms. The van der Waals surface area contributed by atoms with Gasteiger partial charge in [0.05, 0.1) is 0 Å². The molecule has 2 heterocycles. The summed E-state index contributed by atoms with van der Waals surface area (Å²) in [6, 6.07) is 5.72. The number of nitrogens with one attached hydrogen (secondary N) is 1. The maximum Gasteiger partial charge on any atom is 0.223 e. The highest BCUT2D eigenvalue weighted by Crippen LogP contribution is 2.29. The molecule has 1 aliphatic carbocycles. The predicted molar refractivity (Wildman–Crippen MR) is 93.5 cm³/mol. The number of pyridine rings is 1. The van der Waals surface area contributed by atoms with Crippen LogP contribution in [0.25, 0.3) is 0 Å². The topological polar surface area (TPSA) is 97.0 Å². The van der Waals surface area contributed by atoms with Crippen molar-refractivity contribution in [1.82, 2.24) is 15.0 Å². The first-order valence-corrected chi connectivity index (χ1v) is 8.17. The van der Waals surface area contributed by atoms with E-state index in [-0.39, 0.29) is 23.8 Å². The lowest BCUT2D eigenvalue weighted by Crippen LogP contribution is -2.19. The van der Waals surface area contributed by atoms with Gasteiger partial charge in [-0.05, 0) is 43.2 Å². The lowest BCUT2D eigenvalue weighted by molar-refractivity contribution is 0.229. The second-order valence-electron chi connectivity index (χ2n) is 5.76. The fourth-order valence-corrected chi connectivity index (χ4v) is 3.02. The van der Waals surface area contributed by atoms with Gasteiger partial charge in [-0.15, -0.1) is 0 Å². The first-order chi connectivity index (χ1) is 11.7. The number of anilines is 2. The lowest BCUT2D eigenvalue weighted by atomic mass is 10.1. The van der Waals surface area contributed by atoms with Gasteiger partial charge in [0.15, 0.2) is 5.15 Å². The molecule has 2 aromatic heterocycles. The SMILES string of the molecule is Nc1nc(Cl)c(C#Cc2ccccn2)c(NC2CCC(CO)C2)n1. The van der Waals surface area contributed by atoms with Crippen LogP contribution in [-0.2, 0) is 0 Å². The quantitative estimate of drug-likeness (QED) is 0.583. The van der Waals surface area contributed by atoms with Gasteiger partial charge in [0.2, 0.25) is 5.95 Å². The Bertz CT molecular complexity index is 772. The number of halogens is 1. The summed E-state index contributed by atoms with van der Waals surface area (Å²) in [7, 11) is 0. The van der Waals surface area contributed by atoms with Gasteiger partial charge in [0.1, 0.15) is 17.1 Å². The van der Waals surface area contributed by atoms with Gasteiger partial charge in [0, 0.05) is 18.8 Å². The first-order valence-electron chi connectivity index (χ1n) is 7.79. The van der Waals surface area contributed by atoms with Gasteiger partial charge < -0.3 is 16.2 Å². The number of nitrogens with zero attached hydrogens (tertiary/aromatic N) is 3. The molecule has 0 aromatic carbocycles. The van der Waals surface area contributed by atoms with Gasteiger partial charge in [-0.3, -0.25) is 0 Å². The summed E-state index contributed by atoms with van der Waals surface area (Å²) in [5, 5.41) is 12.8. The molecule has 1 fully saturated rings. The van der Waals surface area contributed by atoms with Gasteiger partial charge in [-0.25, -0.2) is 4.98 Å². The van der Waals surface area contributed by atoms with Crippen molar-refractivity contribution in [2.75, 3.05) is 17.7 Å². The summed E-state index contributed by atoms with van der Waals surface area (Å²) in [6.07, 6.45) is 4.50. The summed E-state index contributed by atoms with van der Waals surface area (Å²) >= 11 is 6.21. The summed E-state index contributed by atoms with van der Waals surface area (Å²) in [5.74, 6) is 6.89. The number of hydrogen-bond acceptors (Lipinski definition) is 6. The largest absolute Gasteiger partial charge is 0.396 e. The van der Waals surface area contributed by atoms with E-state index < -0.39 is 0 Å². The Morgan fingerprint density at radius 1 is 1.29 bits per heavy atom. The van der Waals surface area contributed by atoms with E-state index in [0.717, 1.165) is 19.3 Å². The molecule has 1 aliphatic rings. The van der Waals surface area contributed by atoms with E-state index in [1.165, 1.54) is 0 Å². The number of aromatic nitrogens is 3. The normalized spacial score (nSPS) is 19.6.